The molecule has 0 radical (unpaired) electrons. The van der Waals surface area contributed by atoms with Crippen molar-refractivity contribution in [3.05, 3.63) is 40.2 Å². The highest BCUT2D eigenvalue weighted by Gasteiger charge is 2.14. The summed E-state index contributed by atoms with van der Waals surface area (Å²) in [7, 11) is 0. The number of aromatic hydroxyl groups is 1. The Morgan fingerprint density at radius 3 is 2.79 bits per heavy atom. The van der Waals surface area contributed by atoms with E-state index < -0.39 is 0 Å². The normalized spacial score (nSPS) is 16.2. The van der Waals surface area contributed by atoms with Gasteiger partial charge in [-0.3, -0.25) is 14.7 Å². The van der Waals surface area contributed by atoms with Gasteiger partial charge in [-0.2, -0.15) is 0 Å². The highest BCUT2D eigenvalue weighted by Crippen LogP contribution is 2.25. The molecule has 0 bridgehead atoms. The van der Waals surface area contributed by atoms with Crippen LogP contribution in [0.25, 0.3) is 10.9 Å². The summed E-state index contributed by atoms with van der Waals surface area (Å²) in [6.45, 7) is 7.25. The minimum absolute atomic E-state index is 0.00965. The SMILES string of the molecule is CCn1c(=O)c(C=NCCN2CCOCC2)c(O)c2ccccc21. The van der Waals surface area contributed by atoms with Crippen LogP contribution < -0.4 is 5.56 Å². The monoisotopic (exact) mass is 329 g/mol. The van der Waals surface area contributed by atoms with E-state index in [4.69, 9.17) is 4.74 Å². The number of rotatable bonds is 5. The molecule has 0 saturated carbocycles. The largest absolute Gasteiger partial charge is 0.506 e. The van der Waals surface area contributed by atoms with Crippen LogP contribution in [0.15, 0.2) is 34.1 Å². The Bertz CT molecular complexity index is 792. The highest BCUT2D eigenvalue weighted by atomic mass is 16.5. The number of pyridine rings is 1. The molecule has 1 aliphatic heterocycles. The van der Waals surface area contributed by atoms with Crippen LogP contribution >= 0.6 is 0 Å². The predicted octanol–water partition coefficient (Wildman–Crippen LogP) is 1.48. The van der Waals surface area contributed by atoms with Gasteiger partial charge in [-0.1, -0.05) is 12.1 Å². The first-order valence-corrected chi connectivity index (χ1v) is 8.36. The third-order valence-corrected chi connectivity index (χ3v) is 4.37. The summed E-state index contributed by atoms with van der Waals surface area (Å²) in [5, 5.41) is 11.1. The lowest BCUT2D eigenvalue weighted by Crippen LogP contribution is -2.37. The van der Waals surface area contributed by atoms with Crippen molar-refractivity contribution in [2.75, 3.05) is 39.4 Å². The maximum atomic E-state index is 12.6. The van der Waals surface area contributed by atoms with Crippen molar-refractivity contribution in [2.24, 2.45) is 4.99 Å². The number of hydrogen-bond acceptors (Lipinski definition) is 5. The van der Waals surface area contributed by atoms with Crippen LogP contribution in [0.2, 0.25) is 0 Å². The van der Waals surface area contributed by atoms with E-state index >= 15 is 0 Å². The Labute approximate surface area is 141 Å². The number of benzene rings is 1. The van der Waals surface area contributed by atoms with E-state index in [9.17, 15) is 9.90 Å². The van der Waals surface area contributed by atoms with E-state index in [0.29, 0.717) is 18.5 Å². The molecule has 0 amide bonds. The van der Waals surface area contributed by atoms with E-state index in [1.54, 1.807) is 4.57 Å². The summed E-state index contributed by atoms with van der Waals surface area (Å²) in [4.78, 5) is 19.3. The number of aryl methyl sites for hydroxylation is 1. The standard InChI is InChI=1S/C18H23N3O3/c1-2-21-16-6-4-3-5-14(16)17(22)15(18(21)23)13-19-7-8-20-9-11-24-12-10-20/h3-6,13,22H,2,7-12H2,1H3. The zero-order valence-corrected chi connectivity index (χ0v) is 13.9. The Kier molecular flexibility index (Phi) is 5.27. The minimum atomic E-state index is -0.205. The molecular formula is C18H23N3O3. The average molecular weight is 329 g/mol. The molecule has 6 nitrogen and oxygen atoms in total. The quantitative estimate of drug-likeness (QED) is 0.844. The molecule has 1 fully saturated rings. The zero-order valence-electron chi connectivity index (χ0n) is 13.9. The molecular weight excluding hydrogens is 306 g/mol. The van der Waals surface area contributed by atoms with E-state index in [1.165, 1.54) is 6.21 Å². The molecule has 0 aliphatic carbocycles. The van der Waals surface area contributed by atoms with Crippen LogP contribution in [-0.2, 0) is 11.3 Å². The smallest absolute Gasteiger partial charge is 0.263 e. The molecule has 2 aromatic rings. The van der Waals surface area contributed by atoms with Crippen LogP contribution in [0.5, 0.6) is 5.75 Å². The van der Waals surface area contributed by atoms with Crippen molar-refractivity contribution in [1.82, 2.24) is 9.47 Å². The van der Waals surface area contributed by atoms with E-state index in [-0.39, 0.29) is 16.9 Å². The zero-order chi connectivity index (χ0) is 16.9. The van der Waals surface area contributed by atoms with Crippen molar-refractivity contribution in [3.8, 4) is 5.75 Å². The Balaban J connectivity index is 1.83. The van der Waals surface area contributed by atoms with Gasteiger partial charge in [0.1, 0.15) is 11.3 Å². The lowest BCUT2D eigenvalue weighted by Gasteiger charge is -2.25. The number of aliphatic imine (C=N–C) groups is 1. The Hall–Kier alpha value is -2.18. The van der Waals surface area contributed by atoms with Crippen molar-refractivity contribution < 1.29 is 9.84 Å². The summed E-state index contributed by atoms with van der Waals surface area (Å²) in [5.74, 6) is 0.00965. The molecule has 1 saturated heterocycles. The number of aromatic nitrogens is 1. The van der Waals surface area contributed by atoms with Gasteiger partial charge in [-0.05, 0) is 19.1 Å². The molecule has 2 heterocycles. The molecule has 24 heavy (non-hydrogen) atoms. The van der Waals surface area contributed by atoms with E-state index in [0.717, 1.165) is 38.4 Å². The Morgan fingerprint density at radius 2 is 2.04 bits per heavy atom. The fourth-order valence-electron chi connectivity index (χ4n) is 3.02. The van der Waals surface area contributed by atoms with Crippen LogP contribution in [0, 0.1) is 0 Å². The number of morpholine rings is 1. The summed E-state index contributed by atoms with van der Waals surface area (Å²) in [6, 6.07) is 7.38. The molecule has 1 aromatic heterocycles. The van der Waals surface area contributed by atoms with Gasteiger partial charge in [0.05, 0.1) is 25.3 Å². The fourth-order valence-corrected chi connectivity index (χ4v) is 3.02. The van der Waals surface area contributed by atoms with Crippen LogP contribution in [0.4, 0.5) is 0 Å². The Morgan fingerprint density at radius 1 is 1.29 bits per heavy atom. The first-order chi connectivity index (χ1) is 11.7. The predicted molar refractivity (Wildman–Crippen MR) is 95.3 cm³/mol. The number of nitrogens with zero attached hydrogens (tertiary/aromatic N) is 3. The number of fused-ring (bicyclic) bond motifs is 1. The van der Waals surface area contributed by atoms with Crippen LogP contribution in [0.1, 0.15) is 12.5 Å². The maximum absolute atomic E-state index is 12.6. The molecule has 128 valence electrons. The van der Waals surface area contributed by atoms with Gasteiger partial charge in [0.25, 0.3) is 5.56 Å². The second-order valence-corrected chi connectivity index (χ2v) is 5.82. The number of hydrogen-bond donors (Lipinski definition) is 1. The first-order valence-electron chi connectivity index (χ1n) is 8.36. The van der Waals surface area contributed by atoms with Gasteiger partial charge in [0.15, 0.2) is 0 Å². The van der Waals surface area contributed by atoms with Gasteiger partial charge < -0.3 is 14.4 Å². The second kappa shape index (κ2) is 7.59. The first kappa shape index (κ1) is 16.7. The van der Waals surface area contributed by atoms with E-state index in [2.05, 4.69) is 9.89 Å². The van der Waals surface area contributed by atoms with Gasteiger partial charge >= 0.3 is 0 Å². The van der Waals surface area contributed by atoms with Crippen molar-refractivity contribution in [2.45, 2.75) is 13.5 Å². The van der Waals surface area contributed by atoms with Gasteiger partial charge in [-0.25, -0.2) is 0 Å². The number of ether oxygens (including phenoxy) is 1. The maximum Gasteiger partial charge on any atom is 0.263 e. The fraction of sp³-hybridized carbons (Fsp3) is 0.444. The lowest BCUT2D eigenvalue weighted by atomic mass is 10.1. The molecule has 1 N–H and O–H groups in total. The molecule has 0 spiro atoms. The van der Waals surface area contributed by atoms with Crippen molar-refractivity contribution in [3.63, 3.8) is 0 Å². The summed E-state index contributed by atoms with van der Waals surface area (Å²) in [6.07, 6.45) is 1.51. The van der Waals surface area contributed by atoms with E-state index in [1.807, 2.05) is 31.2 Å². The third-order valence-electron chi connectivity index (χ3n) is 4.37. The van der Waals surface area contributed by atoms with Crippen LogP contribution in [0.3, 0.4) is 0 Å². The van der Waals surface area contributed by atoms with Crippen molar-refractivity contribution in [1.29, 1.82) is 0 Å². The molecule has 0 atom stereocenters. The summed E-state index contributed by atoms with van der Waals surface area (Å²) >= 11 is 0. The molecule has 1 aliphatic rings. The minimum Gasteiger partial charge on any atom is -0.506 e. The topological polar surface area (TPSA) is 67.1 Å². The number of para-hydroxylation sites is 1. The van der Waals surface area contributed by atoms with Gasteiger partial charge in [0, 0.05) is 37.8 Å². The van der Waals surface area contributed by atoms with Crippen molar-refractivity contribution >= 4 is 17.1 Å². The summed E-state index contributed by atoms with van der Waals surface area (Å²) < 4.78 is 6.98. The third kappa shape index (κ3) is 3.34. The second-order valence-electron chi connectivity index (χ2n) is 5.82. The molecule has 6 heteroatoms. The van der Waals surface area contributed by atoms with Crippen LogP contribution in [-0.4, -0.2) is 60.2 Å². The van der Waals surface area contributed by atoms with Gasteiger partial charge in [0.2, 0.25) is 0 Å². The lowest BCUT2D eigenvalue weighted by molar-refractivity contribution is 0.0395. The molecule has 1 aromatic carbocycles. The van der Waals surface area contributed by atoms with Gasteiger partial charge in [-0.15, -0.1) is 0 Å². The highest BCUT2D eigenvalue weighted by molar-refractivity contribution is 5.95. The summed E-state index contributed by atoms with van der Waals surface area (Å²) in [5.41, 5.74) is 0.800. The molecule has 3 rings (SSSR count). The average Bonchev–Trinajstić information content (AvgIpc) is 2.62. The molecule has 0 unspecified atom stereocenters.